The van der Waals surface area contributed by atoms with E-state index in [-0.39, 0.29) is 5.69 Å². The molecule has 25 heavy (non-hydrogen) atoms. The van der Waals surface area contributed by atoms with Gasteiger partial charge in [0, 0.05) is 6.07 Å². The van der Waals surface area contributed by atoms with Gasteiger partial charge in [0.1, 0.15) is 0 Å². The van der Waals surface area contributed by atoms with Crippen LogP contribution in [0.25, 0.3) is 5.69 Å². The van der Waals surface area contributed by atoms with E-state index in [1.165, 1.54) is 0 Å². The summed E-state index contributed by atoms with van der Waals surface area (Å²) in [4.78, 5) is 24.6. The van der Waals surface area contributed by atoms with Crippen molar-refractivity contribution in [2.24, 2.45) is 0 Å². The number of hydrogen-bond acceptors (Lipinski definition) is 4. The lowest BCUT2D eigenvalue weighted by molar-refractivity contribution is 0.101. The van der Waals surface area contributed by atoms with E-state index < -0.39 is 17.2 Å². The highest BCUT2D eigenvalue weighted by Crippen LogP contribution is 2.22. The number of aromatic nitrogens is 2. The number of rotatable bonds is 3. The molecule has 0 atom stereocenters. The Balaban J connectivity index is 2.02. The van der Waals surface area contributed by atoms with Gasteiger partial charge in [-0.05, 0) is 36.8 Å². The van der Waals surface area contributed by atoms with Crippen molar-refractivity contribution in [3.05, 3.63) is 81.2 Å². The summed E-state index contributed by atoms with van der Waals surface area (Å²) in [6.45, 7) is 1.87. The maximum absolute atomic E-state index is 12.4. The van der Waals surface area contributed by atoms with Crippen molar-refractivity contribution in [3.8, 4) is 11.4 Å². The zero-order chi connectivity index (χ0) is 18.0. The molecular weight excluding hydrogens is 342 g/mol. The minimum Gasteiger partial charge on any atom is -0.505 e. The number of carbonyl (C=O) groups is 1. The number of hydrogen-bond donors (Lipinski definition) is 2. The van der Waals surface area contributed by atoms with Crippen LogP contribution in [-0.2, 0) is 0 Å². The summed E-state index contributed by atoms with van der Waals surface area (Å²) in [5, 5.41) is 16.9. The van der Waals surface area contributed by atoms with Crippen LogP contribution >= 0.6 is 11.6 Å². The normalized spacial score (nSPS) is 10.5. The summed E-state index contributed by atoms with van der Waals surface area (Å²) in [6, 6.07) is 14.7. The highest BCUT2D eigenvalue weighted by molar-refractivity contribution is 6.33. The summed E-state index contributed by atoms with van der Waals surface area (Å²) in [7, 11) is 0. The van der Waals surface area contributed by atoms with Gasteiger partial charge in [-0.15, -0.1) is 0 Å². The molecule has 0 aliphatic heterocycles. The van der Waals surface area contributed by atoms with Crippen molar-refractivity contribution in [1.29, 1.82) is 0 Å². The van der Waals surface area contributed by atoms with Gasteiger partial charge >= 0.3 is 0 Å². The molecule has 0 aliphatic carbocycles. The number of aromatic hydroxyl groups is 1. The molecule has 0 bridgehead atoms. The maximum Gasteiger partial charge on any atom is 0.280 e. The van der Waals surface area contributed by atoms with E-state index in [2.05, 4.69) is 10.4 Å². The molecule has 7 heteroatoms. The second-order valence-corrected chi connectivity index (χ2v) is 5.81. The molecule has 1 heterocycles. The number of nitrogens with zero attached hydrogens (tertiary/aromatic N) is 2. The molecule has 0 unspecified atom stereocenters. The second-order valence-electron chi connectivity index (χ2n) is 5.40. The van der Waals surface area contributed by atoms with Crippen LogP contribution in [0, 0.1) is 6.92 Å². The number of amides is 1. The molecule has 1 aromatic heterocycles. The fourth-order valence-electron chi connectivity index (χ4n) is 2.30. The van der Waals surface area contributed by atoms with Crippen LogP contribution < -0.4 is 10.9 Å². The van der Waals surface area contributed by atoms with Crippen LogP contribution in [-0.4, -0.2) is 20.8 Å². The van der Waals surface area contributed by atoms with Crippen LogP contribution in [0.5, 0.6) is 5.75 Å². The molecule has 126 valence electrons. The van der Waals surface area contributed by atoms with Gasteiger partial charge in [-0.25, -0.2) is 0 Å². The van der Waals surface area contributed by atoms with Crippen LogP contribution in [0.15, 0.2) is 59.4 Å². The quantitative estimate of drug-likeness (QED) is 0.755. The van der Waals surface area contributed by atoms with Crippen molar-refractivity contribution in [3.63, 3.8) is 0 Å². The molecule has 0 aliphatic rings. The number of benzene rings is 2. The van der Waals surface area contributed by atoms with E-state index in [0.717, 1.165) is 16.3 Å². The molecule has 0 saturated heterocycles. The van der Waals surface area contributed by atoms with Gasteiger partial charge < -0.3 is 10.4 Å². The third kappa shape index (κ3) is 3.54. The second kappa shape index (κ2) is 6.78. The molecule has 1 amide bonds. The predicted molar refractivity (Wildman–Crippen MR) is 95.6 cm³/mol. The smallest absolute Gasteiger partial charge is 0.280 e. The fourth-order valence-corrected chi connectivity index (χ4v) is 2.48. The molecule has 0 radical (unpaired) electrons. The van der Waals surface area contributed by atoms with Crippen molar-refractivity contribution < 1.29 is 9.90 Å². The first-order valence-corrected chi connectivity index (χ1v) is 7.80. The summed E-state index contributed by atoms with van der Waals surface area (Å²) < 4.78 is 1.06. The third-order valence-corrected chi connectivity index (χ3v) is 3.82. The molecule has 2 aromatic carbocycles. The lowest BCUT2D eigenvalue weighted by Crippen LogP contribution is -2.25. The maximum atomic E-state index is 12.4. The summed E-state index contributed by atoms with van der Waals surface area (Å²) in [5.74, 6) is -1.18. The summed E-state index contributed by atoms with van der Waals surface area (Å²) in [5.41, 5.74) is 0.986. The van der Waals surface area contributed by atoms with E-state index in [1.54, 1.807) is 42.5 Å². The topological polar surface area (TPSA) is 84.2 Å². The Labute approximate surface area is 148 Å². The fraction of sp³-hybridized carbons (Fsp3) is 0.0556. The number of carbonyl (C=O) groups excluding carboxylic acids is 1. The average Bonchev–Trinajstić information content (AvgIpc) is 2.57. The molecular formula is C18H14ClN3O3. The van der Waals surface area contributed by atoms with E-state index in [4.69, 9.17) is 11.6 Å². The molecule has 0 saturated carbocycles. The Morgan fingerprint density at radius 3 is 2.64 bits per heavy atom. The van der Waals surface area contributed by atoms with Crippen LogP contribution in [0.1, 0.15) is 16.1 Å². The summed E-state index contributed by atoms with van der Waals surface area (Å²) >= 11 is 6.01. The third-order valence-electron chi connectivity index (χ3n) is 3.49. The zero-order valence-electron chi connectivity index (χ0n) is 13.2. The Bertz CT molecular complexity index is 1010. The minimum atomic E-state index is -0.674. The predicted octanol–water partition coefficient (Wildman–Crippen LogP) is 3.15. The molecule has 3 aromatic rings. The largest absolute Gasteiger partial charge is 0.505 e. The van der Waals surface area contributed by atoms with Crippen molar-refractivity contribution >= 4 is 23.2 Å². The Morgan fingerprint density at radius 2 is 1.92 bits per heavy atom. The van der Waals surface area contributed by atoms with Crippen molar-refractivity contribution in [2.45, 2.75) is 6.92 Å². The number of para-hydroxylation sites is 1. The van der Waals surface area contributed by atoms with E-state index >= 15 is 0 Å². The Kier molecular flexibility index (Phi) is 4.54. The molecule has 6 nitrogen and oxygen atoms in total. The zero-order valence-corrected chi connectivity index (χ0v) is 14.0. The molecule has 2 N–H and O–H groups in total. The molecule has 0 spiro atoms. The first-order chi connectivity index (χ1) is 12.0. The van der Waals surface area contributed by atoms with Gasteiger partial charge in [0.2, 0.25) is 0 Å². The Hall–Kier alpha value is -3.12. The van der Waals surface area contributed by atoms with E-state index in [1.807, 2.05) is 13.0 Å². The van der Waals surface area contributed by atoms with Gasteiger partial charge in [-0.3, -0.25) is 9.59 Å². The molecule has 3 rings (SSSR count). The van der Waals surface area contributed by atoms with Crippen LogP contribution in [0.3, 0.4) is 0 Å². The van der Waals surface area contributed by atoms with Crippen LogP contribution in [0.2, 0.25) is 5.02 Å². The highest BCUT2D eigenvalue weighted by atomic mass is 35.5. The number of nitrogens with one attached hydrogen (secondary N) is 1. The SMILES string of the molecule is Cc1cccc(-n2nc(C(=O)Nc3ccccc3Cl)c(O)cc2=O)c1. The lowest BCUT2D eigenvalue weighted by atomic mass is 10.2. The number of aryl methyl sites for hydroxylation is 1. The highest BCUT2D eigenvalue weighted by Gasteiger charge is 2.18. The van der Waals surface area contributed by atoms with Gasteiger partial charge in [0.05, 0.1) is 16.4 Å². The minimum absolute atomic E-state index is 0.277. The van der Waals surface area contributed by atoms with Crippen molar-refractivity contribution in [1.82, 2.24) is 9.78 Å². The monoisotopic (exact) mass is 355 g/mol. The van der Waals surface area contributed by atoms with Gasteiger partial charge in [-0.2, -0.15) is 9.78 Å². The lowest BCUT2D eigenvalue weighted by Gasteiger charge is -2.10. The van der Waals surface area contributed by atoms with Gasteiger partial charge in [-0.1, -0.05) is 35.9 Å². The van der Waals surface area contributed by atoms with E-state index in [9.17, 15) is 14.7 Å². The van der Waals surface area contributed by atoms with Gasteiger partial charge in [0.15, 0.2) is 11.4 Å². The average molecular weight is 356 g/mol. The molecule has 0 fully saturated rings. The number of anilines is 1. The number of halogens is 1. The van der Waals surface area contributed by atoms with Crippen molar-refractivity contribution in [2.75, 3.05) is 5.32 Å². The Morgan fingerprint density at radius 1 is 1.16 bits per heavy atom. The van der Waals surface area contributed by atoms with Gasteiger partial charge in [0.25, 0.3) is 11.5 Å². The first-order valence-electron chi connectivity index (χ1n) is 7.42. The standard InChI is InChI=1S/C18H14ClN3O3/c1-11-5-4-6-12(9-11)22-16(24)10-15(23)17(21-22)18(25)20-14-8-3-2-7-13(14)19/h2-10,23H,1H3,(H,20,25). The van der Waals surface area contributed by atoms with E-state index in [0.29, 0.717) is 16.4 Å². The van der Waals surface area contributed by atoms with Crippen LogP contribution in [0.4, 0.5) is 5.69 Å². The summed E-state index contributed by atoms with van der Waals surface area (Å²) in [6.07, 6.45) is 0. The first kappa shape index (κ1) is 16.7.